The molecular formula is C15H26N2O. The molecule has 102 valence electrons. The van der Waals surface area contributed by atoms with Crippen LogP contribution in [-0.4, -0.2) is 30.4 Å². The summed E-state index contributed by atoms with van der Waals surface area (Å²) in [7, 11) is 1.93. The molecular weight excluding hydrogens is 224 g/mol. The molecule has 1 aliphatic rings. The first-order valence-corrected chi connectivity index (χ1v) is 7.10. The first-order chi connectivity index (χ1) is 8.70. The number of nitrogens with zero attached hydrogens (tertiary/aromatic N) is 1. The van der Waals surface area contributed by atoms with Crippen LogP contribution < -0.4 is 5.73 Å². The predicted octanol–water partition coefficient (Wildman–Crippen LogP) is 2.16. The summed E-state index contributed by atoms with van der Waals surface area (Å²) in [5, 5.41) is 0. The lowest BCUT2D eigenvalue weighted by molar-refractivity contribution is -0.133. The van der Waals surface area contributed by atoms with Crippen molar-refractivity contribution < 1.29 is 4.79 Å². The Balaban J connectivity index is 2.39. The highest BCUT2D eigenvalue weighted by Gasteiger charge is 2.29. The lowest BCUT2D eigenvalue weighted by Gasteiger charge is -2.37. The van der Waals surface area contributed by atoms with Gasteiger partial charge < -0.3 is 10.6 Å². The van der Waals surface area contributed by atoms with Crippen LogP contribution in [0.15, 0.2) is 0 Å². The Hall–Kier alpha value is -1.01. The van der Waals surface area contributed by atoms with Gasteiger partial charge in [0.05, 0.1) is 0 Å². The maximum atomic E-state index is 12.1. The number of terminal acetylenes is 1. The zero-order valence-electron chi connectivity index (χ0n) is 11.5. The van der Waals surface area contributed by atoms with Gasteiger partial charge in [-0.1, -0.05) is 12.8 Å². The fraction of sp³-hybridized carbons (Fsp3) is 0.800. The lowest BCUT2D eigenvalue weighted by Crippen LogP contribution is -2.45. The minimum Gasteiger partial charge on any atom is -0.342 e. The van der Waals surface area contributed by atoms with Crippen molar-refractivity contribution >= 4 is 5.91 Å². The Morgan fingerprint density at radius 3 is 2.78 bits per heavy atom. The van der Waals surface area contributed by atoms with Gasteiger partial charge >= 0.3 is 0 Å². The summed E-state index contributed by atoms with van der Waals surface area (Å²) in [6.45, 7) is 0.694. The van der Waals surface area contributed by atoms with Crippen LogP contribution in [0.25, 0.3) is 0 Å². The van der Waals surface area contributed by atoms with Crippen molar-refractivity contribution in [2.24, 2.45) is 11.7 Å². The number of unbranched alkanes of at least 4 members (excludes halogenated alkanes) is 2. The zero-order valence-corrected chi connectivity index (χ0v) is 11.5. The van der Waals surface area contributed by atoms with E-state index in [9.17, 15) is 4.79 Å². The van der Waals surface area contributed by atoms with E-state index >= 15 is 0 Å². The number of hydrogen-bond acceptors (Lipinski definition) is 2. The zero-order chi connectivity index (χ0) is 13.4. The molecule has 0 heterocycles. The smallest absolute Gasteiger partial charge is 0.222 e. The highest BCUT2D eigenvalue weighted by Crippen LogP contribution is 2.27. The molecule has 2 unspecified atom stereocenters. The normalized spacial score (nSPS) is 23.4. The van der Waals surface area contributed by atoms with Crippen molar-refractivity contribution in [2.75, 3.05) is 13.6 Å². The summed E-state index contributed by atoms with van der Waals surface area (Å²) in [6.07, 6.45) is 13.2. The molecule has 1 aliphatic carbocycles. The van der Waals surface area contributed by atoms with Gasteiger partial charge in [-0.25, -0.2) is 0 Å². The van der Waals surface area contributed by atoms with Crippen LogP contribution in [0.3, 0.4) is 0 Å². The molecule has 18 heavy (non-hydrogen) atoms. The van der Waals surface area contributed by atoms with E-state index in [1.54, 1.807) is 0 Å². The van der Waals surface area contributed by atoms with Crippen molar-refractivity contribution in [3.05, 3.63) is 0 Å². The van der Waals surface area contributed by atoms with Gasteiger partial charge in [-0.15, -0.1) is 12.3 Å². The van der Waals surface area contributed by atoms with Gasteiger partial charge in [0, 0.05) is 25.9 Å². The Kier molecular flexibility index (Phi) is 6.82. The third kappa shape index (κ3) is 4.34. The van der Waals surface area contributed by atoms with Crippen LogP contribution in [0, 0.1) is 18.3 Å². The molecule has 1 saturated carbocycles. The average molecular weight is 250 g/mol. The van der Waals surface area contributed by atoms with Gasteiger partial charge in [-0.2, -0.15) is 0 Å². The van der Waals surface area contributed by atoms with E-state index < -0.39 is 0 Å². The fourth-order valence-electron chi connectivity index (χ4n) is 2.84. The highest BCUT2D eigenvalue weighted by atomic mass is 16.2. The van der Waals surface area contributed by atoms with Crippen LogP contribution >= 0.6 is 0 Å². The van der Waals surface area contributed by atoms with Crippen molar-refractivity contribution in [1.82, 2.24) is 4.90 Å². The standard InChI is InChI=1S/C15H26N2O/c1-3-4-5-6-11-15(18)17(2)14-10-8-7-9-13(14)12-16/h1,13-14H,4-12,16H2,2H3. The molecule has 2 atom stereocenters. The van der Waals surface area contributed by atoms with Crippen LogP contribution in [0.5, 0.6) is 0 Å². The monoisotopic (exact) mass is 250 g/mol. The Labute approximate surface area is 111 Å². The second-order valence-electron chi connectivity index (χ2n) is 5.26. The molecule has 3 nitrogen and oxygen atoms in total. The van der Waals surface area contributed by atoms with Crippen molar-refractivity contribution in [3.8, 4) is 12.3 Å². The van der Waals surface area contributed by atoms with Crippen LogP contribution in [-0.2, 0) is 4.79 Å². The van der Waals surface area contributed by atoms with Crippen molar-refractivity contribution in [2.45, 2.75) is 57.4 Å². The van der Waals surface area contributed by atoms with Gasteiger partial charge in [0.25, 0.3) is 0 Å². The summed E-state index contributed by atoms with van der Waals surface area (Å²) < 4.78 is 0. The summed E-state index contributed by atoms with van der Waals surface area (Å²) in [5.41, 5.74) is 5.81. The molecule has 0 radical (unpaired) electrons. The molecule has 1 fully saturated rings. The second-order valence-corrected chi connectivity index (χ2v) is 5.26. The number of carbonyl (C=O) groups is 1. The molecule has 1 rings (SSSR count). The summed E-state index contributed by atoms with van der Waals surface area (Å²) in [5.74, 6) is 3.34. The minimum atomic E-state index is 0.248. The largest absolute Gasteiger partial charge is 0.342 e. The quantitative estimate of drug-likeness (QED) is 0.580. The molecule has 0 aromatic rings. The van der Waals surface area contributed by atoms with E-state index in [1.165, 1.54) is 12.8 Å². The molecule has 0 aromatic carbocycles. The van der Waals surface area contributed by atoms with Gasteiger partial charge in [0.1, 0.15) is 0 Å². The van der Waals surface area contributed by atoms with Crippen molar-refractivity contribution in [3.63, 3.8) is 0 Å². The Morgan fingerprint density at radius 2 is 2.11 bits per heavy atom. The fourth-order valence-corrected chi connectivity index (χ4v) is 2.84. The Morgan fingerprint density at radius 1 is 1.39 bits per heavy atom. The lowest BCUT2D eigenvalue weighted by atomic mass is 9.83. The van der Waals surface area contributed by atoms with Crippen LogP contribution in [0.2, 0.25) is 0 Å². The van der Waals surface area contributed by atoms with E-state index in [0.29, 0.717) is 24.9 Å². The van der Waals surface area contributed by atoms with E-state index in [1.807, 2.05) is 11.9 Å². The SMILES string of the molecule is C#CCCCCC(=O)N(C)C1CCCCC1CN. The van der Waals surface area contributed by atoms with Crippen LogP contribution in [0.1, 0.15) is 51.4 Å². The van der Waals surface area contributed by atoms with E-state index in [0.717, 1.165) is 32.1 Å². The van der Waals surface area contributed by atoms with Gasteiger partial charge in [0.15, 0.2) is 0 Å². The van der Waals surface area contributed by atoms with Gasteiger partial charge in [-0.3, -0.25) is 4.79 Å². The van der Waals surface area contributed by atoms with Crippen LogP contribution in [0.4, 0.5) is 0 Å². The predicted molar refractivity (Wildman–Crippen MR) is 74.9 cm³/mol. The third-order valence-corrected chi connectivity index (χ3v) is 4.02. The first-order valence-electron chi connectivity index (χ1n) is 7.10. The number of amides is 1. The third-order valence-electron chi connectivity index (χ3n) is 4.02. The molecule has 0 aliphatic heterocycles. The molecule has 0 saturated heterocycles. The van der Waals surface area contributed by atoms with Gasteiger partial charge in [0.2, 0.25) is 5.91 Å². The molecule has 1 amide bonds. The highest BCUT2D eigenvalue weighted by molar-refractivity contribution is 5.76. The number of carbonyl (C=O) groups excluding carboxylic acids is 1. The van der Waals surface area contributed by atoms with E-state index in [4.69, 9.17) is 12.2 Å². The number of rotatable bonds is 6. The molecule has 0 spiro atoms. The maximum absolute atomic E-state index is 12.1. The first kappa shape index (κ1) is 15.0. The topological polar surface area (TPSA) is 46.3 Å². The number of nitrogens with two attached hydrogens (primary N) is 1. The molecule has 0 aromatic heterocycles. The average Bonchev–Trinajstić information content (AvgIpc) is 2.42. The van der Waals surface area contributed by atoms with E-state index in [-0.39, 0.29) is 5.91 Å². The molecule has 2 N–H and O–H groups in total. The summed E-state index contributed by atoms with van der Waals surface area (Å²) >= 11 is 0. The molecule has 0 bridgehead atoms. The molecule has 3 heteroatoms. The summed E-state index contributed by atoms with van der Waals surface area (Å²) in [6, 6.07) is 0.351. The summed E-state index contributed by atoms with van der Waals surface area (Å²) in [4.78, 5) is 14.0. The van der Waals surface area contributed by atoms with Crippen molar-refractivity contribution in [1.29, 1.82) is 0 Å². The maximum Gasteiger partial charge on any atom is 0.222 e. The van der Waals surface area contributed by atoms with Gasteiger partial charge in [-0.05, 0) is 38.1 Å². The number of hydrogen-bond donors (Lipinski definition) is 1. The Bertz CT molecular complexity index is 295. The van der Waals surface area contributed by atoms with E-state index in [2.05, 4.69) is 5.92 Å². The second kappa shape index (κ2) is 8.16. The minimum absolute atomic E-state index is 0.248.